The molecule has 0 aliphatic heterocycles. The minimum Gasteiger partial charge on any atom is -0.341 e. The molecule has 172 valence electrons. The van der Waals surface area contributed by atoms with Gasteiger partial charge in [0.2, 0.25) is 5.91 Å². The van der Waals surface area contributed by atoms with Crippen LogP contribution in [0.2, 0.25) is 0 Å². The van der Waals surface area contributed by atoms with Crippen LogP contribution in [-0.4, -0.2) is 26.9 Å². The van der Waals surface area contributed by atoms with Gasteiger partial charge in [0.1, 0.15) is 5.82 Å². The first-order valence-electron chi connectivity index (χ1n) is 11.1. The molecule has 33 heavy (non-hydrogen) atoms. The fourth-order valence-electron chi connectivity index (χ4n) is 3.55. The molecule has 1 saturated carbocycles. The Morgan fingerprint density at radius 2 is 1.85 bits per heavy atom. The smallest absolute Gasteiger partial charge is 0.315 e. The molecule has 8 nitrogen and oxygen atoms in total. The molecule has 2 N–H and O–H groups in total. The summed E-state index contributed by atoms with van der Waals surface area (Å²) in [7, 11) is 0. The Labute approximate surface area is 193 Å². The number of aromatic nitrogens is 3. The molecule has 4 rings (SSSR count). The highest BCUT2D eigenvalue weighted by molar-refractivity contribution is 5.93. The number of aryl methyl sites for hydroxylation is 1. The van der Waals surface area contributed by atoms with Gasteiger partial charge in [-0.15, -0.1) is 0 Å². The number of amides is 2. The molecule has 1 atom stereocenters. The molecule has 0 saturated heterocycles. The molecular weight excluding hydrogens is 418 g/mol. The molecule has 2 heterocycles. The molecule has 8 heteroatoms. The summed E-state index contributed by atoms with van der Waals surface area (Å²) >= 11 is 0. The average molecular weight is 448 g/mol. The first-order valence-corrected chi connectivity index (χ1v) is 11.1. The third kappa shape index (κ3) is 5.27. The quantitative estimate of drug-likeness (QED) is 0.572. The summed E-state index contributed by atoms with van der Waals surface area (Å²) < 4.78 is 5.15. The highest BCUT2D eigenvalue weighted by atomic mass is 16.5. The van der Waals surface area contributed by atoms with Gasteiger partial charge in [0.05, 0.1) is 6.04 Å². The van der Waals surface area contributed by atoms with E-state index in [9.17, 15) is 9.59 Å². The summed E-state index contributed by atoms with van der Waals surface area (Å²) in [6.07, 6.45) is 3.59. The van der Waals surface area contributed by atoms with Gasteiger partial charge in [0.15, 0.2) is 5.82 Å². The number of carbonyl (C=O) groups is 2. The van der Waals surface area contributed by atoms with E-state index < -0.39 is 5.91 Å². The highest BCUT2D eigenvalue weighted by Gasteiger charge is 2.30. The van der Waals surface area contributed by atoms with Crippen LogP contribution in [0.25, 0.3) is 11.1 Å². The number of hydrogen-bond donors (Lipinski definition) is 2. The van der Waals surface area contributed by atoms with Crippen molar-refractivity contribution < 1.29 is 14.1 Å². The summed E-state index contributed by atoms with van der Waals surface area (Å²) in [6, 6.07) is 9.59. The predicted octanol–water partition coefficient (Wildman–Crippen LogP) is 4.58. The van der Waals surface area contributed by atoms with E-state index in [1.54, 1.807) is 6.20 Å². The Balaban J connectivity index is 1.46. The fraction of sp³-hybridized carbons (Fsp3) is 0.400. The molecule has 0 unspecified atom stereocenters. The zero-order valence-corrected chi connectivity index (χ0v) is 19.6. The van der Waals surface area contributed by atoms with Gasteiger partial charge in [-0.2, -0.15) is 4.98 Å². The van der Waals surface area contributed by atoms with Crippen molar-refractivity contribution in [1.82, 2.24) is 20.4 Å². The van der Waals surface area contributed by atoms with Crippen LogP contribution in [0.5, 0.6) is 0 Å². The van der Waals surface area contributed by atoms with Crippen LogP contribution in [0.1, 0.15) is 74.2 Å². The van der Waals surface area contributed by atoms with Crippen LogP contribution in [0, 0.1) is 12.8 Å². The number of rotatable bonds is 6. The summed E-state index contributed by atoms with van der Waals surface area (Å²) in [5, 5.41) is 9.73. The predicted molar refractivity (Wildman–Crippen MR) is 125 cm³/mol. The lowest BCUT2D eigenvalue weighted by Crippen LogP contribution is -2.27. The van der Waals surface area contributed by atoms with Crippen LogP contribution in [0.3, 0.4) is 0 Å². The average Bonchev–Trinajstić information content (AvgIpc) is 3.48. The van der Waals surface area contributed by atoms with Gasteiger partial charge >= 0.3 is 11.8 Å². The maximum atomic E-state index is 12.6. The maximum absolute atomic E-state index is 12.6. The van der Waals surface area contributed by atoms with Crippen LogP contribution >= 0.6 is 0 Å². The summed E-state index contributed by atoms with van der Waals surface area (Å²) in [5.41, 5.74) is 3.68. The second-order valence-electron chi connectivity index (χ2n) is 9.63. The third-order valence-corrected chi connectivity index (χ3v) is 5.67. The van der Waals surface area contributed by atoms with E-state index in [0.29, 0.717) is 11.6 Å². The largest absolute Gasteiger partial charge is 0.341 e. The Kier molecular flexibility index (Phi) is 6.01. The summed E-state index contributed by atoms with van der Waals surface area (Å²) in [6.45, 7) is 9.79. The lowest BCUT2D eigenvalue weighted by molar-refractivity contribution is -0.117. The number of anilines is 1. The summed E-state index contributed by atoms with van der Waals surface area (Å²) in [4.78, 5) is 33.1. The monoisotopic (exact) mass is 447 g/mol. The van der Waals surface area contributed by atoms with Crippen molar-refractivity contribution in [2.24, 2.45) is 5.92 Å². The molecule has 1 fully saturated rings. The first kappa shape index (κ1) is 22.6. The fourth-order valence-corrected chi connectivity index (χ4v) is 3.55. The van der Waals surface area contributed by atoms with E-state index in [1.807, 2.05) is 58.9 Å². The van der Waals surface area contributed by atoms with E-state index in [2.05, 4.69) is 31.8 Å². The zero-order chi connectivity index (χ0) is 23.8. The van der Waals surface area contributed by atoms with Crippen molar-refractivity contribution >= 4 is 17.6 Å². The molecule has 0 radical (unpaired) electrons. The molecule has 1 aliphatic carbocycles. The topological polar surface area (TPSA) is 110 Å². The Morgan fingerprint density at radius 1 is 1.12 bits per heavy atom. The normalized spacial score (nSPS) is 14.6. The summed E-state index contributed by atoms with van der Waals surface area (Å²) in [5.74, 6) is 0.761. The van der Waals surface area contributed by atoms with Crippen molar-refractivity contribution in [3.8, 4) is 11.1 Å². The van der Waals surface area contributed by atoms with Gasteiger partial charge < -0.3 is 15.2 Å². The number of hydrogen-bond acceptors (Lipinski definition) is 6. The van der Waals surface area contributed by atoms with E-state index in [-0.39, 0.29) is 29.2 Å². The maximum Gasteiger partial charge on any atom is 0.315 e. The van der Waals surface area contributed by atoms with E-state index in [4.69, 9.17) is 4.52 Å². The lowest BCUT2D eigenvalue weighted by Gasteiger charge is -2.17. The van der Waals surface area contributed by atoms with Crippen LogP contribution in [-0.2, 0) is 10.2 Å². The van der Waals surface area contributed by atoms with E-state index in [0.717, 1.165) is 35.1 Å². The molecular formula is C25H29N5O3. The second-order valence-corrected chi connectivity index (χ2v) is 9.63. The third-order valence-electron chi connectivity index (χ3n) is 5.67. The van der Waals surface area contributed by atoms with Crippen molar-refractivity contribution in [3.05, 3.63) is 59.4 Å². The molecule has 1 aromatic carbocycles. The van der Waals surface area contributed by atoms with Gasteiger partial charge in [0, 0.05) is 17.5 Å². The van der Waals surface area contributed by atoms with Gasteiger partial charge in [-0.3, -0.25) is 9.59 Å². The Morgan fingerprint density at radius 3 is 2.48 bits per heavy atom. The number of pyridine rings is 1. The van der Waals surface area contributed by atoms with Crippen LogP contribution < -0.4 is 10.6 Å². The first-order chi connectivity index (χ1) is 15.6. The Bertz CT molecular complexity index is 1190. The standard InChI is InChI=1S/C25H29N5O3/c1-14-12-17(18-10-11-26-20(13-18)28-21(31)16-6-7-16)8-9-19(14)15(2)27-22(32)23-29-24(30-33-23)25(3,4)5/h8-13,15-16H,6-7H2,1-5H3,(H,27,32)(H,26,28,31)/t15-/m0/s1. The van der Waals surface area contributed by atoms with E-state index in [1.165, 1.54) is 0 Å². The van der Waals surface area contributed by atoms with Crippen LogP contribution in [0.15, 0.2) is 41.1 Å². The SMILES string of the molecule is Cc1cc(-c2ccnc(NC(=O)C3CC3)c2)ccc1[C@H](C)NC(=O)c1nc(C(C)(C)C)no1. The molecule has 0 spiro atoms. The molecule has 0 bridgehead atoms. The molecule has 2 aromatic heterocycles. The highest BCUT2D eigenvalue weighted by Crippen LogP contribution is 2.31. The van der Waals surface area contributed by atoms with E-state index >= 15 is 0 Å². The number of nitrogens with one attached hydrogen (secondary N) is 2. The minimum absolute atomic E-state index is 0.0339. The van der Waals surface area contributed by atoms with Gasteiger partial charge in [0.25, 0.3) is 0 Å². The van der Waals surface area contributed by atoms with Crippen LogP contribution in [0.4, 0.5) is 5.82 Å². The molecule has 3 aromatic rings. The molecule has 1 aliphatic rings. The molecule has 2 amide bonds. The lowest BCUT2D eigenvalue weighted by atomic mass is 9.96. The van der Waals surface area contributed by atoms with Gasteiger partial charge in [-0.1, -0.05) is 44.1 Å². The van der Waals surface area contributed by atoms with Crippen molar-refractivity contribution in [2.45, 2.75) is 58.9 Å². The number of nitrogens with zero attached hydrogens (tertiary/aromatic N) is 3. The van der Waals surface area contributed by atoms with Crippen molar-refractivity contribution in [3.63, 3.8) is 0 Å². The number of carbonyl (C=O) groups excluding carboxylic acids is 2. The van der Waals surface area contributed by atoms with Gasteiger partial charge in [-0.05, 0) is 61.1 Å². The van der Waals surface area contributed by atoms with Crippen molar-refractivity contribution in [2.75, 3.05) is 5.32 Å². The number of benzene rings is 1. The zero-order valence-electron chi connectivity index (χ0n) is 19.6. The minimum atomic E-state index is -0.404. The second kappa shape index (κ2) is 8.77. The van der Waals surface area contributed by atoms with Gasteiger partial charge in [-0.25, -0.2) is 4.98 Å². The van der Waals surface area contributed by atoms with Crippen molar-refractivity contribution in [1.29, 1.82) is 0 Å². The Hall–Kier alpha value is -3.55.